The smallest absolute Gasteiger partial charge is 0.170 e. The molecule has 0 saturated carbocycles. The van der Waals surface area contributed by atoms with E-state index < -0.39 is 11.9 Å². The van der Waals surface area contributed by atoms with Crippen LogP contribution in [0.25, 0.3) is 0 Å². The fraction of sp³-hybridized carbons (Fsp3) is 0.250. The van der Waals surface area contributed by atoms with Gasteiger partial charge in [-0.1, -0.05) is 12.1 Å². The van der Waals surface area contributed by atoms with E-state index in [-0.39, 0.29) is 5.75 Å². The molecule has 1 aromatic heterocycles. The number of nitrogen functional groups attached to an aromatic ring is 1. The first-order valence-corrected chi connectivity index (χ1v) is 5.66. The SMILES string of the molecule is COc1cccc(C(NN)c2cnn(C)c2N)c1F. The predicted octanol–water partition coefficient (Wildman–Crippen LogP) is 0.703. The van der Waals surface area contributed by atoms with Crippen molar-refractivity contribution >= 4 is 5.82 Å². The monoisotopic (exact) mass is 265 g/mol. The van der Waals surface area contributed by atoms with Crippen molar-refractivity contribution in [1.29, 1.82) is 0 Å². The molecule has 5 N–H and O–H groups in total. The van der Waals surface area contributed by atoms with E-state index in [1.165, 1.54) is 11.8 Å². The zero-order chi connectivity index (χ0) is 14.0. The van der Waals surface area contributed by atoms with Crippen LogP contribution in [0.5, 0.6) is 5.75 Å². The maximum atomic E-state index is 14.2. The molecule has 0 saturated heterocycles. The summed E-state index contributed by atoms with van der Waals surface area (Å²) in [5.41, 5.74) is 9.40. The lowest BCUT2D eigenvalue weighted by molar-refractivity contribution is 0.382. The minimum atomic E-state index is -0.594. The molecule has 1 atom stereocenters. The van der Waals surface area contributed by atoms with E-state index in [9.17, 15) is 4.39 Å². The van der Waals surface area contributed by atoms with Crippen LogP contribution in [0.4, 0.5) is 10.2 Å². The summed E-state index contributed by atoms with van der Waals surface area (Å²) in [7, 11) is 3.11. The molecule has 19 heavy (non-hydrogen) atoms. The molecule has 0 bridgehead atoms. The predicted molar refractivity (Wildman–Crippen MR) is 69.7 cm³/mol. The van der Waals surface area contributed by atoms with Gasteiger partial charge in [0.2, 0.25) is 0 Å². The van der Waals surface area contributed by atoms with Crippen LogP contribution in [0.1, 0.15) is 17.2 Å². The topological polar surface area (TPSA) is 91.1 Å². The lowest BCUT2D eigenvalue weighted by Crippen LogP contribution is -2.30. The second-order valence-corrected chi connectivity index (χ2v) is 4.07. The Morgan fingerprint density at radius 1 is 1.42 bits per heavy atom. The molecule has 102 valence electrons. The molecule has 0 fully saturated rings. The highest BCUT2D eigenvalue weighted by Gasteiger charge is 2.22. The van der Waals surface area contributed by atoms with Gasteiger partial charge in [-0.05, 0) is 6.07 Å². The maximum absolute atomic E-state index is 14.2. The fourth-order valence-corrected chi connectivity index (χ4v) is 1.94. The van der Waals surface area contributed by atoms with Crippen LogP contribution in [0.3, 0.4) is 0 Å². The number of hydrogen-bond donors (Lipinski definition) is 3. The minimum Gasteiger partial charge on any atom is -0.494 e. The summed E-state index contributed by atoms with van der Waals surface area (Å²) in [6.07, 6.45) is 1.55. The number of hydrazine groups is 1. The van der Waals surface area contributed by atoms with Crippen molar-refractivity contribution in [1.82, 2.24) is 15.2 Å². The van der Waals surface area contributed by atoms with Gasteiger partial charge in [-0.15, -0.1) is 0 Å². The van der Waals surface area contributed by atoms with Crippen LogP contribution in [0, 0.1) is 5.82 Å². The van der Waals surface area contributed by atoms with Crippen LogP contribution in [-0.2, 0) is 7.05 Å². The number of nitrogens with zero attached hydrogens (tertiary/aromatic N) is 2. The number of methoxy groups -OCH3 is 1. The number of ether oxygens (including phenoxy) is 1. The van der Waals surface area contributed by atoms with Crippen molar-refractivity contribution < 1.29 is 9.13 Å². The molecule has 0 aliphatic rings. The molecule has 0 spiro atoms. The number of nitrogens with one attached hydrogen (secondary N) is 1. The van der Waals surface area contributed by atoms with Gasteiger partial charge in [-0.3, -0.25) is 10.5 Å². The van der Waals surface area contributed by atoms with E-state index in [4.69, 9.17) is 16.3 Å². The third-order valence-corrected chi connectivity index (χ3v) is 3.02. The molecule has 2 rings (SSSR count). The van der Waals surface area contributed by atoms with Gasteiger partial charge in [-0.2, -0.15) is 5.10 Å². The minimum absolute atomic E-state index is 0.153. The number of nitrogens with two attached hydrogens (primary N) is 2. The fourth-order valence-electron chi connectivity index (χ4n) is 1.94. The van der Waals surface area contributed by atoms with Gasteiger partial charge in [0.25, 0.3) is 0 Å². The van der Waals surface area contributed by atoms with Gasteiger partial charge in [0, 0.05) is 18.2 Å². The quantitative estimate of drug-likeness (QED) is 0.559. The van der Waals surface area contributed by atoms with E-state index >= 15 is 0 Å². The Morgan fingerprint density at radius 3 is 2.68 bits per heavy atom. The van der Waals surface area contributed by atoms with Crippen molar-refractivity contribution in [3.8, 4) is 5.75 Å². The number of halogens is 1. The van der Waals surface area contributed by atoms with E-state index in [1.54, 1.807) is 31.4 Å². The van der Waals surface area contributed by atoms with Crippen molar-refractivity contribution in [3.05, 3.63) is 41.3 Å². The molecule has 0 aliphatic heterocycles. The van der Waals surface area contributed by atoms with Crippen LogP contribution in [0.15, 0.2) is 24.4 Å². The Balaban J connectivity index is 2.51. The zero-order valence-corrected chi connectivity index (χ0v) is 10.7. The molecule has 1 heterocycles. The molecule has 6 nitrogen and oxygen atoms in total. The summed E-state index contributed by atoms with van der Waals surface area (Å²) in [5, 5.41) is 4.03. The number of rotatable bonds is 4. The molecule has 7 heteroatoms. The second-order valence-electron chi connectivity index (χ2n) is 4.07. The summed E-state index contributed by atoms with van der Waals surface area (Å²) >= 11 is 0. The van der Waals surface area contributed by atoms with Gasteiger partial charge in [0.1, 0.15) is 5.82 Å². The summed E-state index contributed by atoms with van der Waals surface area (Å²) in [6, 6.07) is 4.26. The third kappa shape index (κ3) is 2.25. The summed E-state index contributed by atoms with van der Waals surface area (Å²) in [5.74, 6) is 5.62. The Kier molecular flexibility index (Phi) is 3.68. The van der Waals surface area contributed by atoms with Gasteiger partial charge in [-0.25, -0.2) is 9.82 Å². The van der Waals surface area contributed by atoms with Crippen molar-refractivity contribution in [2.75, 3.05) is 12.8 Å². The molecule has 1 unspecified atom stereocenters. The highest BCUT2D eigenvalue weighted by Crippen LogP contribution is 2.30. The Bertz CT molecular complexity index is 583. The Morgan fingerprint density at radius 2 is 2.16 bits per heavy atom. The van der Waals surface area contributed by atoms with Gasteiger partial charge < -0.3 is 10.5 Å². The molecule has 2 aromatic rings. The number of anilines is 1. The van der Waals surface area contributed by atoms with Crippen LogP contribution in [-0.4, -0.2) is 16.9 Å². The lowest BCUT2D eigenvalue weighted by Gasteiger charge is -2.17. The van der Waals surface area contributed by atoms with E-state index in [2.05, 4.69) is 10.5 Å². The van der Waals surface area contributed by atoms with Gasteiger partial charge in [0.15, 0.2) is 11.6 Å². The average Bonchev–Trinajstić information content (AvgIpc) is 2.74. The van der Waals surface area contributed by atoms with Crippen LogP contribution < -0.4 is 21.7 Å². The van der Waals surface area contributed by atoms with Crippen molar-refractivity contribution in [2.45, 2.75) is 6.04 Å². The largest absolute Gasteiger partial charge is 0.494 e. The standard InChI is InChI=1S/C12H16FN5O/c1-18-12(14)8(6-16-18)11(17-15)7-4-3-5-9(19-2)10(7)13/h3-6,11,17H,14-15H2,1-2H3. The highest BCUT2D eigenvalue weighted by molar-refractivity contribution is 5.47. The van der Waals surface area contributed by atoms with E-state index in [1.807, 2.05) is 0 Å². The molecule has 0 radical (unpaired) electrons. The first kappa shape index (κ1) is 13.3. The van der Waals surface area contributed by atoms with Gasteiger partial charge >= 0.3 is 0 Å². The van der Waals surface area contributed by atoms with Crippen LogP contribution in [0.2, 0.25) is 0 Å². The third-order valence-electron chi connectivity index (χ3n) is 3.02. The van der Waals surface area contributed by atoms with E-state index in [0.717, 1.165) is 0 Å². The Labute approximate surface area is 110 Å². The molecular formula is C12H16FN5O. The highest BCUT2D eigenvalue weighted by atomic mass is 19.1. The Hall–Kier alpha value is -2.12. The number of aromatic nitrogens is 2. The van der Waals surface area contributed by atoms with Crippen molar-refractivity contribution in [3.63, 3.8) is 0 Å². The number of aryl methyl sites for hydroxylation is 1. The average molecular weight is 265 g/mol. The van der Waals surface area contributed by atoms with Crippen LogP contribution >= 0.6 is 0 Å². The maximum Gasteiger partial charge on any atom is 0.170 e. The summed E-state index contributed by atoms with van der Waals surface area (Å²) < 4.78 is 20.7. The number of hydrogen-bond acceptors (Lipinski definition) is 5. The lowest BCUT2D eigenvalue weighted by atomic mass is 10.0. The normalized spacial score (nSPS) is 12.4. The summed E-state index contributed by atoms with van der Waals surface area (Å²) in [4.78, 5) is 0. The summed E-state index contributed by atoms with van der Waals surface area (Å²) in [6.45, 7) is 0. The van der Waals surface area contributed by atoms with Gasteiger partial charge in [0.05, 0.1) is 19.3 Å². The first-order valence-electron chi connectivity index (χ1n) is 5.66. The zero-order valence-electron chi connectivity index (χ0n) is 10.7. The van der Waals surface area contributed by atoms with Crippen molar-refractivity contribution in [2.24, 2.45) is 12.9 Å². The second kappa shape index (κ2) is 5.25. The molecular weight excluding hydrogens is 249 g/mol. The molecule has 0 aliphatic carbocycles. The van der Waals surface area contributed by atoms with E-state index in [0.29, 0.717) is 16.9 Å². The molecule has 1 aromatic carbocycles. The first-order chi connectivity index (χ1) is 9.10. The number of benzene rings is 1. The molecule has 0 amide bonds.